The minimum absolute atomic E-state index is 0.210. The van der Waals surface area contributed by atoms with E-state index in [1.807, 2.05) is 18.2 Å². The fourth-order valence-electron chi connectivity index (χ4n) is 2.91. The fraction of sp³-hybridized carbons (Fsp3) is 0.0476. The molecule has 0 spiro atoms. The van der Waals surface area contributed by atoms with Crippen LogP contribution in [-0.4, -0.2) is 11.1 Å². The first-order valence-corrected chi connectivity index (χ1v) is 8.02. The zero-order valence-electron chi connectivity index (χ0n) is 13.6. The number of carboxylic acids is 1. The summed E-state index contributed by atoms with van der Waals surface area (Å²) in [6.07, 6.45) is 0. The predicted molar refractivity (Wildman–Crippen MR) is 97.7 cm³/mol. The lowest BCUT2D eigenvalue weighted by Crippen LogP contribution is -2.01. The molecule has 1 N–H and O–H groups in total. The second-order valence-electron chi connectivity index (χ2n) is 5.89. The summed E-state index contributed by atoms with van der Waals surface area (Å²) in [4.78, 5) is 23.2. The third-order valence-electron chi connectivity index (χ3n) is 4.17. The van der Waals surface area contributed by atoms with Gasteiger partial charge in [-0.1, -0.05) is 30.3 Å². The number of hydrogen-bond acceptors (Lipinski definition) is 4. The Kier molecular flexibility index (Phi) is 3.89. The molecule has 0 aliphatic carbocycles. The molecule has 0 fully saturated rings. The van der Waals surface area contributed by atoms with Crippen LogP contribution < -0.4 is 10.4 Å². The summed E-state index contributed by atoms with van der Waals surface area (Å²) in [5, 5.41) is 11.3. The zero-order chi connectivity index (χ0) is 18.1. The first-order chi connectivity index (χ1) is 12.6. The second kappa shape index (κ2) is 6.37. The number of carbonyl (C=O) groups is 1. The number of rotatable bonds is 4. The van der Waals surface area contributed by atoms with Gasteiger partial charge in [0.1, 0.15) is 17.9 Å². The third kappa shape index (κ3) is 2.91. The van der Waals surface area contributed by atoms with Gasteiger partial charge in [-0.3, -0.25) is 0 Å². The van der Waals surface area contributed by atoms with Gasteiger partial charge in [-0.25, -0.2) is 9.59 Å². The molecule has 4 aromatic rings. The molecule has 26 heavy (non-hydrogen) atoms. The van der Waals surface area contributed by atoms with E-state index in [0.29, 0.717) is 16.7 Å². The highest BCUT2D eigenvalue weighted by atomic mass is 16.5. The van der Waals surface area contributed by atoms with Gasteiger partial charge in [0.2, 0.25) is 0 Å². The number of hydrogen-bond donors (Lipinski definition) is 1. The maximum atomic E-state index is 12.1. The average molecular weight is 346 g/mol. The van der Waals surface area contributed by atoms with Gasteiger partial charge in [0.15, 0.2) is 0 Å². The molecule has 0 aliphatic heterocycles. The molecule has 0 saturated heterocycles. The molecular formula is C21H14O5. The van der Waals surface area contributed by atoms with Gasteiger partial charge in [0.25, 0.3) is 0 Å². The molecule has 0 saturated carbocycles. The third-order valence-corrected chi connectivity index (χ3v) is 4.17. The van der Waals surface area contributed by atoms with E-state index in [2.05, 4.69) is 0 Å². The van der Waals surface area contributed by atoms with Crippen LogP contribution in [0.15, 0.2) is 75.9 Å². The van der Waals surface area contributed by atoms with Crippen molar-refractivity contribution >= 4 is 27.7 Å². The van der Waals surface area contributed by atoms with Crippen molar-refractivity contribution in [1.29, 1.82) is 0 Å². The lowest BCUT2D eigenvalue weighted by atomic mass is 10.1. The van der Waals surface area contributed by atoms with E-state index in [1.165, 1.54) is 6.07 Å². The summed E-state index contributed by atoms with van der Waals surface area (Å²) in [5.41, 5.74) is 1.01. The Labute approximate surface area is 148 Å². The molecule has 0 bridgehead atoms. The van der Waals surface area contributed by atoms with Crippen LogP contribution in [0.3, 0.4) is 0 Å². The molecule has 0 amide bonds. The topological polar surface area (TPSA) is 76.7 Å². The lowest BCUT2D eigenvalue weighted by molar-refractivity contribution is 0.0696. The Morgan fingerprint density at radius 1 is 0.923 bits per heavy atom. The van der Waals surface area contributed by atoms with Crippen LogP contribution >= 0.6 is 0 Å². The Morgan fingerprint density at radius 3 is 2.54 bits per heavy atom. The number of benzene rings is 3. The van der Waals surface area contributed by atoms with E-state index in [-0.39, 0.29) is 17.8 Å². The maximum Gasteiger partial charge on any atom is 0.344 e. The van der Waals surface area contributed by atoms with E-state index < -0.39 is 5.97 Å². The van der Waals surface area contributed by atoms with Gasteiger partial charge in [-0.2, -0.15) is 0 Å². The largest absolute Gasteiger partial charge is 0.489 e. The highest BCUT2D eigenvalue weighted by Crippen LogP contribution is 2.26. The van der Waals surface area contributed by atoms with Crippen LogP contribution in [-0.2, 0) is 6.61 Å². The van der Waals surface area contributed by atoms with Crippen LogP contribution in [0, 0.1) is 0 Å². The van der Waals surface area contributed by atoms with Crippen LogP contribution in [0.4, 0.5) is 0 Å². The summed E-state index contributed by atoms with van der Waals surface area (Å²) in [5.74, 6) is -0.442. The van der Waals surface area contributed by atoms with Crippen LogP contribution in [0.25, 0.3) is 21.7 Å². The van der Waals surface area contributed by atoms with E-state index in [1.54, 1.807) is 42.5 Å². The summed E-state index contributed by atoms with van der Waals surface area (Å²) < 4.78 is 11.1. The Morgan fingerprint density at radius 2 is 1.73 bits per heavy atom. The van der Waals surface area contributed by atoms with Crippen molar-refractivity contribution < 1.29 is 19.1 Å². The number of fused-ring (bicyclic) bond motifs is 3. The molecular weight excluding hydrogens is 332 g/mol. The van der Waals surface area contributed by atoms with Gasteiger partial charge in [-0.05, 0) is 41.3 Å². The molecule has 0 radical (unpaired) electrons. The number of aromatic carboxylic acids is 1. The van der Waals surface area contributed by atoms with Gasteiger partial charge >= 0.3 is 11.6 Å². The predicted octanol–water partition coefficient (Wildman–Crippen LogP) is 4.22. The van der Waals surface area contributed by atoms with Crippen molar-refractivity contribution in [3.63, 3.8) is 0 Å². The minimum Gasteiger partial charge on any atom is -0.489 e. The SMILES string of the molecule is O=C(O)c1cccc(COc2ccc3c(c2)oc(=O)c2ccccc23)c1. The number of carboxylic acid groups (broad SMARTS) is 1. The molecule has 128 valence electrons. The lowest BCUT2D eigenvalue weighted by Gasteiger charge is -2.08. The summed E-state index contributed by atoms with van der Waals surface area (Å²) >= 11 is 0. The fourth-order valence-corrected chi connectivity index (χ4v) is 2.91. The minimum atomic E-state index is -0.980. The first-order valence-electron chi connectivity index (χ1n) is 8.02. The molecule has 5 heteroatoms. The summed E-state index contributed by atoms with van der Waals surface area (Å²) in [6, 6.07) is 19.2. The van der Waals surface area contributed by atoms with Crippen LogP contribution in [0.5, 0.6) is 5.75 Å². The van der Waals surface area contributed by atoms with E-state index >= 15 is 0 Å². The molecule has 4 rings (SSSR count). The Balaban J connectivity index is 1.66. The van der Waals surface area contributed by atoms with Crippen LogP contribution in [0.1, 0.15) is 15.9 Å². The maximum absolute atomic E-state index is 12.1. The quantitative estimate of drug-likeness (QED) is 0.442. The first kappa shape index (κ1) is 15.9. The molecule has 3 aromatic carbocycles. The van der Waals surface area contributed by atoms with Crippen LogP contribution in [0.2, 0.25) is 0 Å². The molecule has 5 nitrogen and oxygen atoms in total. The normalized spacial score (nSPS) is 10.9. The molecule has 1 aromatic heterocycles. The van der Waals surface area contributed by atoms with Crippen molar-refractivity contribution in [2.45, 2.75) is 6.61 Å². The average Bonchev–Trinajstić information content (AvgIpc) is 2.66. The van der Waals surface area contributed by atoms with Crippen molar-refractivity contribution in [3.05, 3.63) is 88.3 Å². The van der Waals surface area contributed by atoms with Gasteiger partial charge < -0.3 is 14.3 Å². The second-order valence-corrected chi connectivity index (χ2v) is 5.89. The Bertz CT molecular complexity index is 1190. The van der Waals surface area contributed by atoms with Gasteiger partial charge in [0.05, 0.1) is 10.9 Å². The van der Waals surface area contributed by atoms with Crippen molar-refractivity contribution in [3.8, 4) is 5.75 Å². The van der Waals surface area contributed by atoms with Crippen molar-refractivity contribution in [1.82, 2.24) is 0 Å². The van der Waals surface area contributed by atoms with E-state index in [4.69, 9.17) is 14.3 Å². The molecule has 0 unspecified atom stereocenters. The zero-order valence-corrected chi connectivity index (χ0v) is 13.6. The van der Waals surface area contributed by atoms with Crippen molar-refractivity contribution in [2.24, 2.45) is 0 Å². The summed E-state index contributed by atoms with van der Waals surface area (Å²) in [7, 11) is 0. The van der Waals surface area contributed by atoms with Gasteiger partial charge in [0, 0.05) is 11.5 Å². The molecule has 0 aliphatic rings. The van der Waals surface area contributed by atoms with E-state index in [0.717, 1.165) is 16.3 Å². The standard InChI is InChI=1S/C21H14O5/c22-20(23)14-5-3-4-13(10-14)12-25-15-8-9-17-16-6-1-2-7-18(16)21(24)26-19(17)11-15/h1-11H,12H2,(H,22,23). The van der Waals surface area contributed by atoms with Gasteiger partial charge in [-0.15, -0.1) is 0 Å². The molecule has 0 atom stereocenters. The number of ether oxygens (including phenoxy) is 1. The molecule has 1 heterocycles. The monoisotopic (exact) mass is 346 g/mol. The Hall–Kier alpha value is -3.60. The highest BCUT2D eigenvalue weighted by molar-refractivity contribution is 6.04. The smallest absolute Gasteiger partial charge is 0.344 e. The summed E-state index contributed by atoms with van der Waals surface area (Å²) in [6.45, 7) is 0.213. The van der Waals surface area contributed by atoms with Crippen molar-refractivity contribution in [2.75, 3.05) is 0 Å². The highest BCUT2D eigenvalue weighted by Gasteiger charge is 2.08. The van der Waals surface area contributed by atoms with E-state index in [9.17, 15) is 9.59 Å².